The van der Waals surface area contributed by atoms with Crippen LogP contribution in [0.1, 0.15) is 35.2 Å². The SMILES string of the molecule is Cn1cccc1C1CCCN1C(=O)c1nnc2ccccn12. The van der Waals surface area contributed by atoms with Crippen molar-refractivity contribution in [2.24, 2.45) is 7.05 Å². The van der Waals surface area contributed by atoms with Crippen LogP contribution < -0.4 is 0 Å². The van der Waals surface area contributed by atoms with Crippen molar-refractivity contribution in [2.75, 3.05) is 6.54 Å². The summed E-state index contributed by atoms with van der Waals surface area (Å²) in [6, 6.07) is 9.83. The molecule has 1 saturated heterocycles. The number of fused-ring (bicyclic) bond motifs is 1. The van der Waals surface area contributed by atoms with Crippen LogP contribution in [0.3, 0.4) is 0 Å². The van der Waals surface area contributed by atoms with Crippen LogP contribution in [0, 0.1) is 0 Å². The molecule has 1 aliphatic rings. The zero-order valence-corrected chi connectivity index (χ0v) is 12.4. The predicted octanol–water partition coefficient (Wildman–Crippen LogP) is 2.05. The summed E-state index contributed by atoms with van der Waals surface area (Å²) in [5.41, 5.74) is 1.86. The molecule has 0 bridgehead atoms. The molecule has 1 amide bonds. The summed E-state index contributed by atoms with van der Waals surface area (Å²) in [5, 5.41) is 8.17. The first-order chi connectivity index (χ1) is 10.8. The number of hydrogen-bond donors (Lipinski definition) is 0. The van der Waals surface area contributed by atoms with Gasteiger partial charge in [0.25, 0.3) is 5.91 Å². The standard InChI is InChI=1S/C16H17N5O/c1-19-9-4-6-12(19)13-7-5-11-20(13)16(22)15-18-17-14-8-2-3-10-21(14)15/h2-4,6,8-10,13H,5,7,11H2,1H3. The highest BCUT2D eigenvalue weighted by molar-refractivity contribution is 5.91. The first-order valence-corrected chi connectivity index (χ1v) is 7.47. The first-order valence-electron chi connectivity index (χ1n) is 7.47. The third-order valence-corrected chi connectivity index (χ3v) is 4.34. The monoisotopic (exact) mass is 295 g/mol. The van der Waals surface area contributed by atoms with Crippen molar-refractivity contribution in [3.63, 3.8) is 0 Å². The highest BCUT2D eigenvalue weighted by atomic mass is 16.2. The molecule has 0 N–H and O–H groups in total. The molecule has 3 aromatic rings. The Morgan fingerprint density at radius 1 is 1.18 bits per heavy atom. The number of pyridine rings is 1. The third kappa shape index (κ3) is 1.91. The van der Waals surface area contributed by atoms with Crippen molar-refractivity contribution in [2.45, 2.75) is 18.9 Å². The van der Waals surface area contributed by atoms with E-state index in [-0.39, 0.29) is 11.9 Å². The molecule has 112 valence electrons. The Balaban J connectivity index is 1.71. The van der Waals surface area contributed by atoms with E-state index in [2.05, 4.69) is 20.8 Å². The molecule has 0 radical (unpaired) electrons. The van der Waals surface area contributed by atoms with Gasteiger partial charge in [0.05, 0.1) is 6.04 Å². The molecule has 3 aromatic heterocycles. The van der Waals surface area contributed by atoms with E-state index in [1.165, 1.54) is 5.69 Å². The second kappa shape index (κ2) is 4.98. The summed E-state index contributed by atoms with van der Waals surface area (Å²) in [4.78, 5) is 14.8. The van der Waals surface area contributed by atoms with Crippen LogP contribution in [0.15, 0.2) is 42.7 Å². The summed E-state index contributed by atoms with van der Waals surface area (Å²) in [6.07, 6.45) is 5.84. The fraction of sp³-hybridized carbons (Fsp3) is 0.312. The Morgan fingerprint density at radius 3 is 2.91 bits per heavy atom. The van der Waals surface area contributed by atoms with Crippen molar-refractivity contribution in [3.05, 3.63) is 54.2 Å². The number of carbonyl (C=O) groups excluding carboxylic acids is 1. The Bertz CT molecular complexity index is 834. The van der Waals surface area contributed by atoms with Crippen LogP contribution in [0.5, 0.6) is 0 Å². The summed E-state index contributed by atoms with van der Waals surface area (Å²) in [5.74, 6) is 0.333. The molecule has 1 fully saturated rings. The van der Waals surface area contributed by atoms with Crippen LogP contribution >= 0.6 is 0 Å². The Morgan fingerprint density at radius 2 is 2.09 bits per heavy atom. The van der Waals surface area contributed by atoms with Gasteiger partial charge in [-0.05, 0) is 37.1 Å². The largest absolute Gasteiger partial charge is 0.353 e. The van der Waals surface area contributed by atoms with Gasteiger partial charge in [-0.1, -0.05) is 6.07 Å². The van der Waals surface area contributed by atoms with E-state index >= 15 is 0 Å². The molecule has 1 unspecified atom stereocenters. The maximum atomic E-state index is 12.9. The summed E-state index contributed by atoms with van der Waals surface area (Å²) in [6.45, 7) is 0.760. The minimum atomic E-state index is -0.0533. The average molecular weight is 295 g/mol. The van der Waals surface area contributed by atoms with Gasteiger partial charge in [-0.15, -0.1) is 10.2 Å². The first kappa shape index (κ1) is 13.1. The van der Waals surface area contributed by atoms with Crippen LogP contribution in [0.4, 0.5) is 0 Å². The number of amides is 1. The highest BCUT2D eigenvalue weighted by Gasteiger charge is 2.33. The van der Waals surface area contributed by atoms with E-state index in [0.717, 1.165) is 19.4 Å². The Kier molecular flexibility index (Phi) is 2.96. The smallest absolute Gasteiger partial charge is 0.292 e. The molecule has 6 heteroatoms. The number of carbonyl (C=O) groups is 1. The molecular formula is C16H17N5O. The second-order valence-corrected chi connectivity index (χ2v) is 5.65. The molecule has 22 heavy (non-hydrogen) atoms. The van der Waals surface area contributed by atoms with E-state index in [1.807, 2.05) is 48.6 Å². The zero-order chi connectivity index (χ0) is 15.1. The lowest BCUT2D eigenvalue weighted by atomic mass is 10.1. The zero-order valence-electron chi connectivity index (χ0n) is 12.4. The fourth-order valence-corrected chi connectivity index (χ4v) is 3.25. The lowest BCUT2D eigenvalue weighted by Crippen LogP contribution is -2.32. The average Bonchev–Trinajstić information content (AvgIpc) is 3.24. The molecule has 4 rings (SSSR count). The number of aromatic nitrogens is 4. The number of likely N-dealkylation sites (tertiary alicyclic amines) is 1. The molecule has 0 saturated carbocycles. The molecule has 4 heterocycles. The van der Waals surface area contributed by atoms with Crippen LogP contribution in [-0.4, -0.2) is 36.5 Å². The van der Waals surface area contributed by atoms with Crippen LogP contribution in [0.25, 0.3) is 5.65 Å². The summed E-state index contributed by atoms with van der Waals surface area (Å²) >= 11 is 0. The van der Waals surface area contributed by atoms with E-state index in [9.17, 15) is 4.79 Å². The van der Waals surface area contributed by atoms with E-state index in [0.29, 0.717) is 11.5 Å². The minimum absolute atomic E-state index is 0.0533. The van der Waals surface area contributed by atoms with E-state index < -0.39 is 0 Å². The van der Waals surface area contributed by atoms with Gasteiger partial charge in [0, 0.05) is 31.7 Å². The van der Waals surface area contributed by atoms with Crippen molar-refractivity contribution in [3.8, 4) is 0 Å². The minimum Gasteiger partial charge on any atom is -0.353 e. The van der Waals surface area contributed by atoms with Gasteiger partial charge < -0.3 is 9.47 Å². The molecule has 0 aliphatic carbocycles. The third-order valence-electron chi connectivity index (χ3n) is 4.34. The van der Waals surface area contributed by atoms with E-state index in [1.54, 1.807) is 4.40 Å². The van der Waals surface area contributed by atoms with Gasteiger partial charge in [-0.3, -0.25) is 9.20 Å². The Hall–Kier alpha value is -2.63. The number of rotatable bonds is 2. The number of aryl methyl sites for hydroxylation is 1. The predicted molar refractivity (Wildman–Crippen MR) is 81.4 cm³/mol. The normalized spacial score (nSPS) is 18.2. The second-order valence-electron chi connectivity index (χ2n) is 5.65. The molecule has 0 aromatic carbocycles. The lowest BCUT2D eigenvalue weighted by Gasteiger charge is -2.24. The van der Waals surface area contributed by atoms with E-state index in [4.69, 9.17) is 0 Å². The summed E-state index contributed by atoms with van der Waals surface area (Å²) < 4.78 is 3.83. The maximum absolute atomic E-state index is 12.9. The van der Waals surface area contributed by atoms with Crippen molar-refractivity contribution in [1.82, 2.24) is 24.1 Å². The van der Waals surface area contributed by atoms with Crippen molar-refractivity contribution >= 4 is 11.6 Å². The number of hydrogen-bond acceptors (Lipinski definition) is 3. The quantitative estimate of drug-likeness (QED) is 0.727. The van der Waals surface area contributed by atoms with Crippen molar-refractivity contribution < 1.29 is 4.79 Å². The molecule has 0 spiro atoms. The van der Waals surface area contributed by atoms with Gasteiger partial charge in [0.15, 0.2) is 5.65 Å². The maximum Gasteiger partial charge on any atom is 0.292 e. The lowest BCUT2D eigenvalue weighted by molar-refractivity contribution is 0.0717. The fourth-order valence-electron chi connectivity index (χ4n) is 3.25. The topological polar surface area (TPSA) is 55.4 Å². The highest BCUT2D eigenvalue weighted by Crippen LogP contribution is 2.32. The molecular weight excluding hydrogens is 278 g/mol. The van der Waals surface area contributed by atoms with Crippen LogP contribution in [-0.2, 0) is 7.05 Å². The summed E-state index contributed by atoms with van der Waals surface area (Å²) in [7, 11) is 2.02. The van der Waals surface area contributed by atoms with Gasteiger partial charge in [0.1, 0.15) is 0 Å². The Labute approximate surface area is 128 Å². The van der Waals surface area contributed by atoms with Gasteiger partial charge in [-0.25, -0.2) is 0 Å². The molecule has 1 atom stereocenters. The van der Waals surface area contributed by atoms with Crippen LogP contribution in [0.2, 0.25) is 0 Å². The van der Waals surface area contributed by atoms with Gasteiger partial charge >= 0.3 is 0 Å². The number of nitrogens with zero attached hydrogens (tertiary/aromatic N) is 5. The molecule has 6 nitrogen and oxygen atoms in total. The molecule has 1 aliphatic heterocycles. The van der Waals surface area contributed by atoms with Gasteiger partial charge in [0.2, 0.25) is 5.82 Å². The van der Waals surface area contributed by atoms with Crippen molar-refractivity contribution in [1.29, 1.82) is 0 Å². The van der Waals surface area contributed by atoms with Gasteiger partial charge in [-0.2, -0.15) is 0 Å².